The fraction of sp³-hybridized carbons (Fsp3) is 0.680. The molecule has 9 nitrogen and oxygen atoms in total. The summed E-state index contributed by atoms with van der Waals surface area (Å²) in [5.41, 5.74) is -0.344. The van der Waals surface area contributed by atoms with Crippen LogP contribution in [0.25, 0.3) is 0 Å². The summed E-state index contributed by atoms with van der Waals surface area (Å²) in [6.07, 6.45) is 2.29. The summed E-state index contributed by atoms with van der Waals surface area (Å²) in [6.45, 7) is 4.09. The third kappa shape index (κ3) is 3.93. The lowest BCUT2D eigenvalue weighted by Crippen LogP contribution is -2.59. The van der Waals surface area contributed by atoms with Crippen molar-refractivity contribution in [2.45, 2.75) is 58.2 Å². The van der Waals surface area contributed by atoms with Crippen molar-refractivity contribution in [3.8, 4) is 17.2 Å². The van der Waals surface area contributed by atoms with E-state index in [4.69, 9.17) is 23.7 Å². The Morgan fingerprint density at radius 1 is 1.12 bits per heavy atom. The molecule has 2 N–H and O–H groups in total. The number of rotatable bonds is 6. The van der Waals surface area contributed by atoms with Crippen LogP contribution in [0.2, 0.25) is 0 Å². The highest BCUT2D eigenvalue weighted by Crippen LogP contribution is 2.62. The minimum atomic E-state index is -0.629. The largest absolute Gasteiger partial charge is 0.493 e. The molecule has 34 heavy (non-hydrogen) atoms. The minimum Gasteiger partial charge on any atom is -0.493 e. The molecule has 1 saturated heterocycles. The third-order valence-electron chi connectivity index (χ3n) is 8.48. The molecule has 9 heteroatoms. The average molecular weight is 478 g/mol. The first kappa shape index (κ1) is 24.4. The normalized spacial score (nSPS) is 34.4. The third-order valence-corrected chi connectivity index (χ3v) is 8.48. The molecular formula is C25H35NO8. The van der Waals surface area contributed by atoms with Gasteiger partial charge >= 0.3 is 12.1 Å². The Hall–Kier alpha value is -2.68. The predicted molar refractivity (Wildman–Crippen MR) is 123 cm³/mol. The van der Waals surface area contributed by atoms with Crippen LogP contribution in [-0.2, 0) is 14.3 Å². The summed E-state index contributed by atoms with van der Waals surface area (Å²) >= 11 is 0. The number of nitrogens with one attached hydrogen (secondary N) is 1. The zero-order valence-electron chi connectivity index (χ0n) is 20.5. The van der Waals surface area contributed by atoms with Gasteiger partial charge in [0.2, 0.25) is 5.75 Å². The summed E-state index contributed by atoms with van der Waals surface area (Å²) in [5, 5.41) is 13.3. The molecule has 1 aliphatic heterocycles. The Morgan fingerprint density at radius 3 is 2.38 bits per heavy atom. The van der Waals surface area contributed by atoms with Crippen molar-refractivity contribution in [2.24, 2.45) is 22.7 Å². The molecule has 0 unspecified atom stereocenters. The van der Waals surface area contributed by atoms with Crippen LogP contribution >= 0.6 is 0 Å². The number of benzene rings is 1. The van der Waals surface area contributed by atoms with E-state index in [0.29, 0.717) is 35.8 Å². The molecular weight excluding hydrogens is 442 g/mol. The Labute approximate surface area is 200 Å². The number of aliphatic hydroxyl groups is 1. The van der Waals surface area contributed by atoms with E-state index in [-0.39, 0.29) is 35.9 Å². The zero-order chi connectivity index (χ0) is 24.7. The van der Waals surface area contributed by atoms with Crippen molar-refractivity contribution in [3.63, 3.8) is 0 Å². The Balaban J connectivity index is 1.51. The van der Waals surface area contributed by atoms with Gasteiger partial charge in [0, 0.05) is 23.5 Å². The quantitative estimate of drug-likeness (QED) is 0.596. The predicted octanol–water partition coefficient (Wildman–Crippen LogP) is 3.77. The van der Waals surface area contributed by atoms with Gasteiger partial charge in [-0.1, -0.05) is 13.8 Å². The number of amides is 1. The first-order chi connectivity index (χ1) is 16.2. The second kappa shape index (κ2) is 9.17. The lowest BCUT2D eigenvalue weighted by atomic mass is 9.46. The molecule has 0 aromatic heterocycles. The molecule has 0 bridgehead atoms. The Bertz CT molecular complexity index is 926. The van der Waals surface area contributed by atoms with Gasteiger partial charge in [-0.3, -0.25) is 10.1 Å². The molecule has 4 rings (SSSR count). The molecule has 3 aliphatic rings. The van der Waals surface area contributed by atoms with Crippen molar-refractivity contribution in [1.29, 1.82) is 0 Å². The van der Waals surface area contributed by atoms with Crippen molar-refractivity contribution >= 4 is 17.7 Å². The van der Waals surface area contributed by atoms with Gasteiger partial charge in [-0.05, 0) is 37.0 Å². The monoisotopic (exact) mass is 477 g/mol. The van der Waals surface area contributed by atoms with Crippen LogP contribution in [0.1, 0.15) is 46.0 Å². The van der Waals surface area contributed by atoms with E-state index in [9.17, 15) is 14.7 Å². The van der Waals surface area contributed by atoms with Crippen LogP contribution in [0.15, 0.2) is 12.1 Å². The molecule has 6 atom stereocenters. The zero-order valence-corrected chi connectivity index (χ0v) is 20.5. The molecule has 188 valence electrons. The number of methoxy groups -OCH3 is 3. The number of esters is 1. The van der Waals surface area contributed by atoms with Crippen LogP contribution in [0.3, 0.4) is 0 Å². The van der Waals surface area contributed by atoms with Gasteiger partial charge in [-0.25, -0.2) is 4.79 Å². The first-order valence-corrected chi connectivity index (χ1v) is 11.8. The van der Waals surface area contributed by atoms with E-state index in [1.165, 1.54) is 21.3 Å². The molecule has 3 fully saturated rings. The van der Waals surface area contributed by atoms with Crippen molar-refractivity contribution < 1.29 is 38.4 Å². The van der Waals surface area contributed by atoms with Crippen LogP contribution < -0.4 is 19.5 Å². The number of anilines is 1. The lowest BCUT2D eigenvalue weighted by molar-refractivity contribution is -0.174. The number of hydrogen-bond donors (Lipinski definition) is 2. The van der Waals surface area contributed by atoms with E-state index in [0.717, 1.165) is 19.3 Å². The number of ether oxygens (including phenoxy) is 5. The minimum absolute atomic E-state index is 0.0440. The lowest BCUT2D eigenvalue weighted by Gasteiger charge is -2.59. The number of fused-ring (bicyclic) bond motifs is 3. The topological polar surface area (TPSA) is 113 Å². The van der Waals surface area contributed by atoms with Crippen molar-refractivity contribution in [2.75, 3.05) is 33.3 Å². The summed E-state index contributed by atoms with van der Waals surface area (Å²) in [4.78, 5) is 24.9. The average Bonchev–Trinajstić information content (AvgIpc) is 3.22. The molecule has 1 heterocycles. The Kier molecular flexibility index (Phi) is 6.59. The Morgan fingerprint density at radius 2 is 1.79 bits per heavy atom. The van der Waals surface area contributed by atoms with Gasteiger partial charge < -0.3 is 28.8 Å². The second-order valence-electron chi connectivity index (χ2n) is 10.1. The summed E-state index contributed by atoms with van der Waals surface area (Å²) in [5.74, 6) is 1.36. The second-order valence-corrected chi connectivity index (χ2v) is 10.1. The van der Waals surface area contributed by atoms with Crippen LogP contribution in [0.4, 0.5) is 10.5 Å². The molecule has 0 spiro atoms. The molecule has 0 radical (unpaired) electrons. The maximum Gasteiger partial charge on any atom is 0.411 e. The summed E-state index contributed by atoms with van der Waals surface area (Å²) < 4.78 is 27.5. The van der Waals surface area contributed by atoms with E-state index < -0.39 is 17.6 Å². The number of carbonyl (C=O) groups excluding carboxylic acids is 2. The molecule has 2 saturated carbocycles. The molecule has 2 aliphatic carbocycles. The van der Waals surface area contributed by atoms with Gasteiger partial charge in [0.25, 0.3) is 0 Å². The highest BCUT2D eigenvalue weighted by atomic mass is 16.6. The van der Waals surface area contributed by atoms with E-state index in [1.807, 2.05) is 6.92 Å². The highest BCUT2D eigenvalue weighted by Gasteiger charge is 2.62. The van der Waals surface area contributed by atoms with Gasteiger partial charge in [-0.15, -0.1) is 0 Å². The van der Waals surface area contributed by atoms with Gasteiger partial charge in [-0.2, -0.15) is 0 Å². The smallest absolute Gasteiger partial charge is 0.411 e. The maximum absolute atomic E-state index is 12.9. The highest BCUT2D eigenvalue weighted by molar-refractivity contribution is 5.86. The van der Waals surface area contributed by atoms with Crippen molar-refractivity contribution in [3.05, 3.63) is 12.1 Å². The fourth-order valence-corrected chi connectivity index (χ4v) is 6.72. The molecule has 1 aromatic rings. The van der Waals surface area contributed by atoms with Crippen LogP contribution in [-0.4, -0.2) is 57.3 Å². The number of aliphatic hydroxyl groups excluding tert-OH is 1. The number of hydrogen-bond acceptors (Lipinski definition) is 8. The maximum atomic E-state index is 12.9. The first-order valence-electron chi connectivity index (χ1n) is 11.8. The van der Waals surface area contributed by atoms with Gasteiger partial charge in [0.1, 0.15) is 12.2 Å². The number of carbonyl (C=O) groups is 2. The summed E-state index contributed by atoms with van der Waals surface area (Å²) in [6, 6.07) is 3.26. The fourth-order valence-electron chi connectivity index (χ4n) is 6.72. The van der Waals surface area contributed by atoms with E-state index in [2.05, 4.69) is 12.2 Å². The van der Waals surface area contributed by atoms with Gasteiger partial charge in [0.15, 0.2) is 11.5 Å². The standard InChI is InChI=1S/C25H35NO8/c1-24-9-8-20(25(2,13-27)19(24)7-6-16-15(24)12-21(28)33-16)34-23(29)26-14-10-17(30-3)22(32-5)18(11-14)31-4/h10-11,15-16,19-20,27H,6-9,12-13H2,1-5H3,(H,26,29)/t15-,16-,19-,20-,24+,25+/m1/s1. The van der Waals surface area contributed by atoms with Gasteiger partial charge in [0.05, 0.1) is 40.0 Å². The van der Waals surface area contributed by atoms with Crippen LogP contribution in [0.5, 0.6) is 17.2 Å². The SMILES string of the molecule is COc1cc(NC(=O)O[C@@H]2CC[C@]3(C)[C@@H](CC[C@H]4OC(=O)C[C@H]43)[C@]2(C)CO)cc(OC)c1OC. The van der Waals surface area contributed by atoms with Crippen LogP contribution in [0, 0.1) is 22.7 Å². The van der Waals surface area contributed by atoms with Crippen molar-refractivity contribution in [1.82, 2.24) is 0 Å². The summed E-state index contributed by atoms with van der Waals surface area (Å²) in [7, 11) is 4.51. The van der Waals surface area contributed by atoms with E-state index >= 15 is 0 Å². The molecule has 1 aromatic carbocycles. The van der Waals surface area contributed by atoms with E-state index in [1.54, 1.807) is 12.1 Å². The molecule has 1 amide bonds.